The number of carbonyl (C=O) groups is 2. The minimum absolute atomic E-state index is 0.138. The van der Waals surface area contributed by atoms with Gasteiger partial charge in [0.1, 0.15) is 11.6 Å². The normalized spacial score (nSPS) is 24.1. The molecule has 3 amide bonds. The second-order valence-corrected chi connectivity index (χ2v) is 9.05. The first-order chi connectivity index (χ1) is 13.2. The molecule has 6 nitrogen and oxygen atoms in total. The Labute approximate surface area is 165 Å². The fourth-order valence-corrected chi connectivity index (χ4v) is 4.61. The summed E-state index contributed by atoms with van der Waals surface area (Å²) in [6, 6.07) is 0.193. The number of nitrogens with one attached hydrogen (secondary N) is 2. The average Bonchev–Trinajstić information content (AvgIpc) is 3.40. The van der Waals surface area contributed by atoms with Gasteiger partial charge in [0.25, 0.3) is 0 Å². The zero-order valence-corrected chi connectivity index (χ0v) is 16.5. The van der Waals surface area contributed by atoms with Gasteiger partial charge in [-0.2, -0.15) is 5.26 Å². The number of piperidine rings is 1. The van der Waals surface area contributed by atoms with Crippen molar-refractivity contribution in [2.24, 2.45) is 5.41 Å². The van der Waals surface area contributed by atoms with Gasteiger partial charge in [-0.05, 0) is 50.9 Å². The third-order valence-electron chi connectivity index (χ3n) is 6.37. The van der Waals surface area contributed by atoms with Crippen molar-refractivity contribution < 1.29 is 18.4 Å². The van der Waals surface area contributed by atoms with Gasteiger partial charge in [0.15, 0.2) is 0 Å². The zero-order valence-electron chi connectivity index (χ0n) is 16.5. The molecule has 156 valence electrons. The maximum absolute atomic E-state index is 13.6. The van der Waals surface area contributed by atoms with E-state index in [1.165, 1.54) is 19.3 Å². The number of carbonyl (C=O) groups excluding carboxylic acids is 2. The van der Waals surface area contributed by atoms with Crippen LogP contribution in [0.25, 0.3) is 0 Å². The highest BCUT2D eigenvalue weighted by Crippen LogP contribution is 2.43. The highest BCUT2D eigenvalue weighted by atomic mass is 19.3. The predicted octanol–water partition coefficient (Wildman–Crippen LogP) is 3.33. The Kier molecular flexibility index (Phi) is 5.83. The topological polar surface area (TPSA) is 85.2 Å². The Morgan fingerprint density at radius 2 is 1.79 bits per heavy atom. The second kappa shape index (κ2) is 7.84. The summed E-state index contributed by atoms with van der Waals surface area (Å²) in [5.74, 6) is -3.82. The van der Waals surface area contributed by atoms with Crippen LogP contribution in [0.1, 0.15) is 71.1 Å². The van der Waals surface area contributed by atoms with E-state index in [1.807, 2.05) is 6.07 Å². The SMILES string of the molecule is CC(F)(F)C[C@H](NC(=O)N1CCCC2(CCCCC2)C1)C(=O)NC1(C#N)CC1. The van der Waals surface area contributed by atoms with Crippen molar-refractivity contribution in [1.82, 2.24) is 15.5 Å². The lowest BCUT2D eigenvalue weighted by atomic mass is 9.69. The Morgan fingerprint density at radius 1 is 1.14 bits per heavy atom. The summed E-state index contributed by atoms with van der Waals surface area (Å²) in [6.07, 6.45) is 7.96. The molecule has 1 spiro atoms. The quantitative estimate of drug-likeness (QED) is 0.747. The van der Waals surface area contributed by atoms with Crippen LogP contribution in [-0.4, -0.2) is 47.4 Å². The Bertz CT molecular complexity index is 640. The summed E-state index contributed by atoms with van der Waals surface area (Å²) in [4.78, 5) is 27.0. The second-order valence-electron chi connectivity index (χ2n) is 9.05. The molecular weight excluding hydrogens is 366 g/mol. The third kappa shape index (κ3) is 5.12. The number of amides is 3. The highest BCUT2D eigenvalue weighted by molar-refractivity contribution is 5.88. The number of urea groups is 1. The van der Waals surface area contributed by atoms with Crippen LogP contribution >= 0.6 is 0 Å². The molecule has 2 aliphatic carbocycles. The number of hydrogen-bond donors (Lipinski definition) is 2. The number of rotatable bonds is 5. The maximum Gasteiger partial charge on any atom is 0.318 e. The van der Waals surface area contributed by atoms with Gasteiger partial charge in [0.05, 0.1) is 6.07 Å². The van der Waals surface area contributed by atoms with E-state index < -0.39 is 35.9 Å². The van der Waals surface area contributed by atoms with E-state index in [1.54, 1.807) is 4.90 Å². The van der Waals surface area contributed by atoms with Gasteiger partial charge >= 0.3 is 6.03 Å². The molecular formula is C20H30F2N4O2. The van der Waals surface area contributed by atoms with E-state index in [2.05, 4.69) is 10.6 Å². The zero-order chi connectivity index (χ0) is 20.4. The Balaban J connectivity index is 1.64. The molecule has 0 unspecified atom stereocenters. The molecule has 3 aliphatic rings. The lowest BCUT2D eigenvalue weighted by molar-refractivity contribution is -0.126. The van der Waals surface area contributed by atoms with Crippen LogP contribution in [0.4, 0.5) is 13.6 Å². The van der Waals surface area contributed by atoms with Crippen molar-refractivity contribution in [3.05, 3.63) is 0 Å². The van der Waals surface area contributed by atoms with Gasteiger partial charge in [0.2, 0.25) is 11.8 Å². The largest absolute Gasteiger partial charge is 0.336 e. The molecule has 2 N–H and O–H groups in total. The molecule has 1 heterocycles. The highest BCUT2D eigenvalue weighted by Gasteiger charge is 2.47. The van der Waals surface area contributed by atoms with Crippen LogP contribution in [0.5, 0.6) is 0 Å². The monoisotopic (exact) mass is 396 g/mol. The fraction of sp³-hybridized carbons (Fsp3) is 0.850. The van der Waals surface area contributed by atoms with Crippen LogP contribution in [-0.2, 0) is 4.79 Å². The molecule has 0 aromatic rings. The van der Waals surface area contributed by atoms with E-state index in [4.69, 9.17) is 5.26 Å². The molecule has 1 saturated heterocycles. The minimum Gasteiger partial charge on any atom is -0.336 e. The van der Waals surface area contributed by atoms with Crippen molar-refractivity contribution in [2.75, 3.05) is 13.1 Å². The number of hydrogen-bond acceptors (Lipinski definition) is 3. The van der Waals surface area contributed by atoms with E-state index in [-0.39, 0.29) is 5.41 Å². The summed E-state index contributed by atoms with van der Waals surface area (Å²) in [7, 11) is 0. The van der Waals surface area contributed by atoms with Crippen molar-refractivity contribution >= 4 is 11.9 Å². The molecule has 1 atom stereocenters. The number of halogens is 2. The van der Waals surface area contributed by atoms with Gasteiger partial charge < -0.3 is 15.5 Å². The van der Waals surface area contributed by atoms with Crippen LogP contribution in [0.2, 0.25) is 0 Å². The smallest absolute Gasteiger partial charge is 0.318 e. The van der Waals surface area contributed by atoms with Crippen molar-refractivity contribution in [3.8, 4) is 6.07 Å². The number of alkyl halides is 2. The van der Waals surface area contributed by atoms with Gasteiger partial charge in [-0.3, -0.25) is 4.79 Å². The molecule has 8 heteroatoms. The van der Waals surface area contributed by atoms with Crippen LogP contribution in [0.3, 0.4) is 0 Å². The standard InChI is InChI=1S/C20H30F2N4O2/c1-18(21,22)12-15(16(27)25-20(13-23)9-10-20)24-17(28)26-11-5-8-19(14-26)6-3-2-4-7-19/h15H,2-12,14H2,1H3,(H,24,28)(H,25,27)/t15-/m0/s1. The Morgan fingerprint density at radius 3 is 2.36 bits per heavy atom. The van der Waals surface area contributed by atoms with Gasteiger partial charge in [0, 0.05) is 19.5 Å². The number of likely N-dealkylation sites (tertiary alicyclic amines) is 1. The molecule has 1 aliphatic heterocycles. The fourth-order valence-electron chi connectivity index (χ4n) is 4.61. The molecule has 2 saturated carbocycles. The summed E-state index contributed by atoms with van der Waals surface area (Å²) >= 11 is 0. The van der Waals surface area contributed by atoms with E-state index in [0.29, 0.717) is 25.9 Å². The minimum atomic E-state index is -3.11. The molecule has 0 bridgehead atoms. The van der Waals surface area contributed by atoms with Gasteiger partial charge in [-0.1, -0.05) is 19.3 Å². The molecule has 3 fully saturated rings. The summed E-state index contributed by atoms with van der Waals surface area (Å²) in [5, 5.41) is 14.2. The van der Waals surface area contributed by atoms with Gasteiger partial charge in [-0.25, -0.2) is 13.6 Å². The van der Waals surface area contributed by atoms with Crippen molar-refractivity contribution in [2.45, 2.75) is 88.6 Å². The number of nitrogens with zero attached hydrogens (tertiary/aromatic N) is 2. The van der Waals surface area contributed by atoms with E-state index in [9.17, 15) is 18.4 Å². The molecule has 28 heavy (non-hydrogen) atoms. The molecule has 0 radical (unpaired) electrons. The summed E-state index contributed by atoms with van der Waals surface area (Å²) in [5.41, 5.74) is -0.820. The lowest BCUT2D eigenvalue weighted by Crippen LogP contribution is -2.57. The Hall–Kier alpha value is -1.91. The summed E-state index contributed by atoms with van der Waals surface area (Å²) < 4.78 is 27.3. The van der Waals surface area contributed by atoms with Crippen LogP contribution < -0.4 is 10.6 Å². The first-order valence-electron chi connectivity index (χ1n) is 10.3. The first-order valence-corrected chi connectivity index (χ1v) is 10.3. The van der Waals surface area contributed by atoms with Crippen molar-refractivity contribution in [3.63, 3.8) is 0 Å². The predicted molar refractivity (Wildman–Crippen MR) is 99.6 cm³/mol. The van der Waals surface area contributed by atoms with E-state index in [0.717, 1.165) is 32.6 Å². The molecule has 0 aromatic heterocycles. The maximum atomic E-state index is 13.6. The third-order valence-corrected chi connectivity index (χ3v) is 6.37. The van der Waals surface area contributed by atoms with E-state index >= 15 is 0 Å². The first kappa shape index (κ1) is 20.8. The summed E-state index contributed by atoms with van der Waals surface area (Å²) in [6.45, 7) is 1.93. The lowest BCUT2D eigenvalue weighted by Gasteiger charge is -2.45. The van der Waals surface area contributed by atoms with Crippen molar-refractivity contribution in [1.29, 1.82) is 5.26 Å². The molecule has 3 rings (SSSR count). The molecule has 0 aromatic carbocycles. The van der Waals surface area contributed by atoms with Crippen LogP contribution in [0.15, 0.2) is 0 Å². The van der Waals surface area contributed by atoms with Gasteiger partial charge in [-0.15, -0.1) is 0 Å². The number of nitriles is 1. The average molecular weight is 396 g/mol. The van der Waals surface area contributed by atoms with Crippen LogP contribution in [0, 0.1) is 16.7 Å².